The van der Waals surface area contributed by atoms with Crippen molar-refractivity contribution in [3.63, 3.8) is 0 Å². The van der Waals surface area contributed by atoms with E-state index in [4.69, 9.17) is 4.74 Å². The predicted molar refractivity (Wildman–Crippen MR) is 97.3 cm³/mol. The van der Waals surface area contributed by atoms with E-state index in [1.807, 2.05) is 13.8 Å². The molecule has 2 aromatic heterocycles. The van der Waals surface area contributed by atoms with Gasteiger partial charge in [-0.1, -0.05) is 6.92 Å². The highest BCUT2D eigenvalue weighted by Crippen LogP contribution is 2.39. The van der Waals surface area contributed by atoms with Gasteiger partial charge in [0.1, 0.15) is 5.00 Å². The minimum Gasteiger partial charge on any atom is -0.459 e. The summed E-state index contributed by atoms with van der Waals surface area (Å²) in [7, 11) is 1.76. The minimum atomic E-state index is -0.338. The summed E-state index contributed by atoms with van der Waals surface area (Å²) in [5.74, 6) is -0.598. The lowest BCUT2D eigenvalue weighted by atomic mass is 9.95. The Hall–Kier alpha value is -2.15. The molecule has 6 nitrogen and oxygen atoms in total. The fourth-order valence-corrected chi connectivity index (χ4v) is 4.18. The van der Waals surface area contributed by atoms with Crippen LogP contribution in [0.15, 0.2) is 12.4 Å². The van der Waals surface area contributed by atoms with Crippen LogP contribution in [0.25, 0.3) is 0 Å². The van der Waals surface area contributed by atoms with Gasteiger partial charge in [-0.25, -0.2) is 4.79 Å². The number of anilines is 1. The summed E-state index contributed by atoms with van der Waals surface area (Å²) in [6, 6.07) is 0. The zero-order chi connectivity index (χ0) is 18.0. The van der Waals surface area contributed by atoms with Crippen molar-refractivity contribution < 1.29 is 14.3 Å². The number of hydrogen-bond acceptors (Lipinski definition) is 5. The van der Waals surface area contributed by atoms with Crippen molar-refractivity contribution in [1.82, 2.24) is 9.78 Å². The lowest BCUT2D eigenvalue weighted by Gasteiger charge is -2.15. The van der Waals surface area contributed by atoms with Gasteiger partial charge in [-0.15, -0.1) is 11.3 Å². The fourth-order valence-electron chi connectivity index (χ4n) is 2.91. The lowest BCUT2D eigenvalue weighted by Crippen LogP contribution is -2.18. The first-order chi connectivity index (χ1) is 12.0. The summed E-state index contributed by atoms with van der Waals surface area (Å²) in [4.78, 5) is 26.4. The number of esters is 1. The molecule has 3 rings (SSSR count). The maximum Gasteiger partial charge on any atom is 0.341 e. The maximum absolute atomic E-state index is 12.7. The number of amides is 1. The highest BCUT2D eigenvalue weighted by atomic mass is 32.1. The predicted octanol–water partition coefficient (Wildman–Crippen LogP) is 3.57. The normalized spacial score (nSPS) is 14.7. The van der Waals surface area contributed by atoms with Crippen LogP contribution < -0.4 is 5.32 Å². The van der Waals surface area contributed by atoms with Crippen molar-refractivity contribution in [2.45, 2.75) is 52.1 Å². The average molecular weight is 361 g/mol. The number of carbonyl (C=O) groups is 2. The molecule has 0 saturated carbocycles. The molecular weight excluding hydrogens is 338 g/mol. The van der Waals surface area contributed by atoms with E-state index in [1.54, 1.807) is 17.9 Å². The molecular formula is C18H23N3O3S. The molecule has 0 radical (unpaired) electrons. The van der Waals surface area contributed by atoms with Gasteiger partial charge < -0.3 is 10.1 Å². The molecule has 134 valence electrons. The van der Waals surface area contributed by atoms with E-state index >= 15 is 0 Å². The van der Waals surface area contributed by atoms with Crippen LogP contribution in [0.2, 0.25) is 0 Å². The third-order valence-corrected chi connectivity index (χ3v) is 5.66. The Balaban J connectivity index is 1.91. The zero-order valence-corrected chi connectivity index (χ0v) is 15.6. The largest absolute Gasteiger partial charge is 0.459 e. The van der Waals surface area contributed by atoms with Gasteiger partial charge in [0.05, 0.1) is 23.4 Å². The Morgan fingerprint density at radius 2 is 2.16 bits per heavy atom. The molecule has 0 spiro atoms. The molecule has 2 aromatic rings. The van der Waals surface area contributed by atoms with Crippen LogP contribution in [-0.2, 0) is 24.6 Å². The van der Waals surface area contributed by atoms with Crippen LogP contribution in [-0.4, -0.2) is 27.8 Å². The molecule has 25 heavy (non-hydrogen) atoms. The molecule has 1 aliphatic rings. The van der Waals surface area contributed by atoms with Crippen LogP contribution in [0.1, 0.15) is 64.3 Å². The molecule has 1 atom stereocenters. The second-order valence-corrected chi connectivity index (χ2v) is 7.50. The van der Waals surface area contributed by atoms with Crippen LogP contribution in [0.4, 0.5) is 5.00 Å². The number of nitrogens with zero attached hydrogens (tertiary/aromatic N) is 2. The summed E-state index contributed by atoms with van der Waals surface area (Å²) in [6.07, 6.45) is 7.77. The monoisotopic (exact) mass is 361 g/mol. The number of hydrogen-bond donors (Lipinski definition) is 1. The summed E-state index contributed by atoms with van der Waals surface area (Å²) < 4.78 is 7.12. The smallest absolute Gasteiger partial charge is 0.341 e. The van der Waals surface area contributed by atoms with Gasteiger partial charge in [0.25, 0.3) is 5.91 Å². The first-order valence-corrected chi connectivity index (χ1v) is 9.46. The third kappa shape index (κ3) is 3.76. The van der Waals surface area contributed by atoms with E-state index in [0.29, 0.717) is 16.1 Å². The van der Waals surface area contributed by atoms with Crippen LogP contribution >= 0.6 is 11.3 Å². The molecule has 1 amide bonds. The minimum absolute atomic E-state index is 0.145. The van der Waals surface area contributed by atoms with Gasteiger partial charge in [-0.05, 0) is 44.6 Å². The quantitative estimate of drug-likeness (QED) is 0.826. The Kier molecular flexibility index (Phi) is 5.22. The third-order valence-electron chi connectivity index (χ3n) is 4.45. The summed E-state index contributed by atoms with van der Waals surface area (Å²) in [5.41, 5.74) is 2.05. The van der Waals surface area contributed by atoms with E-state index in [0.717, 1.165) is 37.7 Å². The van der Waals surface area contributed by atoms with Crippen molar-refractivity contribution in [1.29, 1.82) is 0 Å². The van der Waals surface area contributed by atoms with Gasteiger partial charge >= 0.3 is 5.97 Å². The van der Waals surface area contributed by atoms with Gasteiger partial charge in [0.15, 0.2) is 0 Å². The molecule has 2 heterocycles. The van der Waals surface area contributed by atoms with E-state index < -0.39 is 0 Å². The summed E-state index contributed by atoms with van der Waals surface area (Å²) in [5, 5.41) is 7.51. The molecule has 0 fully saturated rings. The number of aryl methyl sites for hydroxylation is 2. The molecule has 0 saturated heterocycles. The van der Waals surface area contributed by atoms with E-state index in [2.05, 4.69) is 10.4 Å². The molecule has 0 bridgehead atoms. The van der Waals surface area contributed by atoms with E-state index in [-0.39, 0.29) is 18.0 Å². The maximum atomic E-state index is 12.7. The standard InChI is InChI=1S/C18H23N3O3S/c1-4-11(2)24-18(23)15-13-7-5-6-8-14(13)25-17(15)20-16(22)12-9-19-21(3)10-12/h9-11H,4-8H2,1-3H3,(H,20,22). The molecule has 1 unspecified atom stereocenters. The topological polar surface area (TPSA) is 73.2 Å². The first kappa shape index (κ1) is 17.7. The molecule has 1 N–H and O–H groups in total. The van der Waals surface area contributed by atoms with Crippen LogP contribution in [0.5, 0.6) is 0 Å². The fraction of sp³-hybridized carbons (Fsp3) is 0.500. The van der Waals surface area contributed by atoms with Gasteiger partial charge in [0.2, 0.25) is 0 Å². The summed E-state index contributed by atoms with van der Waals surface area (Å²) >= 11 is 1.49. The average Bonchev–Trinajstić information content (AvgIpc) is 3.17. The SMILES string of the molecule is CCC(C)OC(=O)c1c(NC(=O)c2cnn(C)c2)sc2c1CCCC2. The van der Waals surface area contributed by atoms with Crippen molar-refractivity contribution in [2.75, 3.05) is 5.32 Å². The number of thiophene rings is 1. The number of rotatable bonds is 5. The number of carbonyl (C=O) groups excluding carboxylic acids is 2. The number of fused-ring (bicyclic) bond motifs is 1. The van der Waals surface area contributed by atoms with Crippen LogP contribution in [0.3, 0.4) is 0 Å². The first-order valence-electron chi connectivity index (χ1n) is 8.65. The van der Waals surface area contributed by atoms with Crippen LogP contribution in [0, 0.1) is 0 Å². The number of ether oxygens (including phenoxy) is 1. The van der Waals surface area contributed by atoms with E-state index in [9.17, 15) is 9.59 Å². The highest BCUT2D eigenvalue weighted by Gasteiger charge is 2.28. The Morgan fingerprint density at radius 3 is 2.84 bits per heavy atom. The van der Waals surface area contributed by atoms with Crippen molar-refractivity contribution >= 4 is 28.2 Å². The van der Waals surface area contributed by atoms with Gasteiger partial charge in [0, 0.05) is 18.1 Å². The van der Waals surface area contributed by atoms with Gasteiger partial charge in [-0.3, -0.25) is 9.48 Å². The second-order valence-electron chi connectivity index (χ2n) is 6.40. The van der Waals surface area contributed by atoms with Crippen molar-refractivity contribution in [3.05, 3.63) is 34.0 Å². The second kappa shape index (κ2) is 7.39. The summed E-state index contributed by atoms with van der Waals surface area (Å²) in [6.45, 7) is 3.86. The molecule has 1 aliphatic carbocycles. The van der Waals surface area contributed by atoms with E-state index in [1.165, 1.54) is 22.4 Å². The Bertz CT molecular complexity index is 794. The highest BCUT2D eigenvalue weighted by molar-refractivity contribution is 7.17. The zero-order valence-electron chi connectivity index (χ0n) is 14.8. The lowest BCUT2D eigenvalue weighted by molar-refractivity contribution is 0.0335. The molecule has 0 aromatic carbocycles. The van der Waals surface area contributed by atoms with Gasteiger partial charge in [-0.2, -0.15) is 5.10 Å². The number of nitrogens with one attached hydrogen (secondary N) is 1. The van der Waals surface area contributed by atoms with Crippen molar-refractivity contribution in [2.24, 2.45) is 7.05 Å². The number of aromatic nitrogens is 2. The molecule has 0 aliphatic heterocycles. The Labute approximate surface area is 151 Å². The molecule has 7 heteroatoms. The Morgan fingerprint density at radius 1 is 1.40 bits per heavy atom. The van der Waals surface area contributed by atoms with Crippen molar-refractivity contribution in [3.8, 4) is 0 Å².